The number of carboxylic acids is 1. The van der Waals surface area contributed by atoms with Crippen LogP contribution in [0, 0.1) is 0 Å². The number of Topliss-reactive ketones (excluding diaryl/α,β-unsaturated/α-hetero) is 1. The number of hydrogen-bond acceptors (Lipinski definition) is 6. The number of carbonyl (C=O) groups is 3. The number of amides is 1. The first-order valence-electron chi connectivity index (χ1n) is 11.6. The number of para-hydroxylation sites is 1. The second-order valence-electron chi connectivity index (χ2n) is 9.04. The largest absolute Gasteiger partial charge is 0.503 e. The molecule has 1 unspecified atom stereocenters. The number of furan rings is 1. The predicted molar refractivity (Wildman–Crippen MR) is 139 cm³/mol. The molecule has 0 aliphatic carbocycles. The highest BCUT2D eigenvalue weighted by molar-refractivity contribution is 6.20. The van der Waals surface area contributed by atoms with Crippen LogP contribution >= 0.6 is 0 Å². The van der Waals surface area contributed by atoms with Crippen molar-refractivity contribution in [2.75, 3.05) is 23.9 Å². The van der Waals surface area contributed by atoms with Gasteiger partial charge in [-0.3, -0.25) is 19.3 Å². The zero-order valence-electron chi connectivity index (χ0n) is 20.2. The van der Waals surface area contributed by atoms with Gasteiger partial charge in [-0.1, -0.05) is 42.5 Å². The Balaban J connectivity index is 1.61. The summed E-state index contributed by atoms with van der Waals surface area (Å²) in [6.07, 6.45) is -0.164. The molecular formula is C29H24N2O6. The van der Waals surface area contributed by atoms with E-state index in [4.69, 9.17) is 9.52 Å². The van der Waals surface area contributed by atoms with Gasteiger partial charge in [0.05, 0.1) is 18.0 Å². The summed E-state index contributed by atoms with van der Waals surface area (Å²) in [6, 6.07) is 21.6. The second kappa shape index (κ2) is 9.31. The molecule has 1 amide bonds. The number of hydrogen-bond donors (Lipinski definition) is 2. The fourth-order valence-corrected chi connectivity index (χ4v) is 4.55. The van der Waals surface area contributed by atoms with Gasteiger partial charge in [-0.2, -0.15) is 0 Å². The van der Waals surface area contributed by atoms with Crippen molar-refractivity contribution in [3.63, 3.8) is 0 Å². The summed E-state index contributed by atoms with van der Waals surface area (Å²) in [5.74, 6) is -2.92. The number of nitrogens with zero attached hydrogens (tertiary/aromatic N) is 2. The molecule has 3 aromatic carbocycles. The van der Waals surface area contributed by atoms with Crippen LogP contribution in [0.4, 0.5) is 11.4 Å². The van der Waals surface area contributed by atoms with E-state index in [9.17, 15) is 19.5 Å². The van der Waals surface area contributed by atoms with E-state index in [0.29, 0.717) is 22.4 Å². The SMILES string of the molecule is CN(C)c1ccc(C2C(C(=O)c3cc4ccccc4o3)=C(O)C(=O)N2c2ccc(CC(=O)O)cc2)cc1. The van der Waals surface area contributed by atoms with Gasteiger partial charge in [0, 0.05) is 30.9 Å². The van der Waals surface area contributed by atoms with Crippen LogP contribution in [0.3, 0.4) is 0 Å². The van der Waals surface area contributed by atoms with E-state index in [1.54, 1.807) is 42.5 Å². The van der Waals surface area contributed by atoms with Gasteiger partial charge in [-0.15, -0.1) is 0 Å². The number of anilines is 2. The van der Waals surface area contributed by atoms with E-state index in [1.165, 1.54) is 4.90 Å². The van der Waals surface area contributed by atoms with Crippen molar-refractivity contribution in [2.45, 2.75) is 12.5 Å². The molecule has 0 saturated carbocycles. The van der Waals surface area contributed by atoms with E-state index in [-0.39, 0.29) is 17.8 Å². The van der Waals surface area contributed by atoms with Crippen molar-refractivity contribution < 1.29 is 29.0 Å². The zero-order valence-corrected chi connectivity index (χ0v) is 20.2. The van der Waals surface area contributed by atoms with Crippen molar-refractivity contribution >= 4 is 40.0 Å². The number of aliphatic hydroxyl groups excluding tert-OH is 1. The average Bonchev–Trinajstić information content (AvgIpc) is 3.43. The molecule has 1 aliphatic rings. The van der Waals surface area contributed by atoms with E-state index in [2.05, 4.69) is 0 Å². The summed E-state index contributed by atoms with van der Waals surface area (Å²) in [7, 11) is 3.81. The summed E-state index contributed by atoms with van der Waals surface area (Å²) in [4.78, 5) is 41.5. The number of aliphatic carboxylic acids is 1. The quantitative estimate of drug-likeness (QED) is 0.350. The van der Waals surface area contributed by atoms with Crippen LogP contribution in [-0.4, -0.2) is 42.0 Å². The number of fused-ring (bicyclic) bond motifs is 1. The summed E-state index contributed by atoms with van der Waals surface area (Å²) in [5, 5.41) is 20.8. The average molecular weight is 497 g/mol. The molecule has 0 fully saturated rings. The van der Waals surface area contributed by atoms with Crippen molar-refractivity contribution in [1.29, 1.82) is 0 Å². The molecule has 2 heterocycles. The molecule has 1 aromatic heterocycles. The van der Waals surface area contributed by atoms with Crippen molar-refractivity contribution in [3.8, 4) is 0 Å². The number of rotatable bonds is 7. The number of aliphatic hydroxyl groups is 1. The number of carboxylic acid groups (broad SMARTS) is 1. The lowest BCUT2D eigenvalue weighted by molar-refractivity contribution is -0.136. The molecule has 8 heteroatoms. The smallest absolute Gasteiger partial charge is 0.307 e. The van der Waals surface area contributed by atoms with Crippen LogP contribution in [-0.2, 0) is 16.0 Å². The molecular weight excluding hydrogens is 472 g/mol. The van der Waals surface area contributed by atoms with Crippen LogP contribution in [0.5, 0.6) is 0 Å². The molecule has 8 nitrogen and oxygen atoms in total. The monoisotopic (exact) mass is 496 g/mol. The third kappa shape index (κ3) is 4.33. The number of carbonyl (C=O) groups excluding carboxylic acids is 2. The van der Waals surface area contributed by atoms with Crippen molar-refractivity contribution in [3.05, 3.63) is 107 Å². The Bertz CT molecular complexity index is 1510. The van der Waals surface area contributed by atoms with E-state index in [1.807, 2.05) is 55.4 Å². The maximum absolute atomic E-state index is 13.7. The van der Waals surface area contributed by atoms with Crippen LogP contribution in [0.25, 0.3) is 11.0 Å². The molecule has 37 heavy (non-hydrogen) atoms. The van der Waals surface area contributed by atoms with Crippen LogP contribution < -0.4 is 9.80 Å². The van der Waals surface area contributed by atoms with E-state index >= 15 is 0 Å². The maximum Gasteiger partial charge on any atom is 0.307 e. The Morgan fingerprint density at radius 3 is 2.27 bits per heavy atom. The molecule has 4 aromatic rings. The van der Waals surface area contributed by atoms with Gasteiger partial charge < -0.3 is 19.5 Å². The van der Waals surface area contributed by atoms with Crippen LogP contribution in [0.1, 0.15) is 27.7 Å². The Hall–Kier alpha value is -4.85. The molecule has 5 rings (SSSR count). The first kappa shape index (κ1) is 23.9. The van der Waals surface area contributed by atoms with E-state index in [0.717, 1.165) is 11.1 Å². The highest BCUT2D eigenvalue weighted by Gasteiger charge is 2.45. The topological polar surface area (TPSA) is 111 Å². The fraction of sp³-hybridized carbons (Fsp3) is 0.138. The van der Waals surface area contributed by atoms with Gasteiger partial charge in [0.25, 0.3) is 5.91 Å². The molecule has 1 atom stereocenters. The Morgan fingerprint density at radius 2 is 1.65 bits per heavy atom. The number of ketones is 1. The lowest BCUT2D eigenvalue weighted by Crippen LogP contribution is -2.31. The summed E-state index contributed by atoms with van der Waals surface area (Å²) >= 11 is 0. The third-order valence-electron chi connectivity index (χ3n) is 6.40. The van der Waals surface area contributed by atoms with Crippen molar-refractivity contribution in [2.24, 2.45) is 0 Å². The standard InChI is InChI=1S/C29H24N2O6/c1-30(2)20-13-9-18(10-14-20)26-25(27(34)23-16-19-5-3-4-6-22(19)37-23)28(35)29(36)31(26)21-11-7-17(8-12-21)15-24(32)33/h3-14,16,26,35H,15H2,1-2H3,(H,32,33). The van der Waals surface area contributed by atoms with Gasteiger partial charge in [0.15, 0.2) is 11.5 Å². The van der Waals surface area contributed by atoms with Crippen LogP contribution in [0.15, 0.2) is 94.6 Å². The minimum absolute atomic E-state index is 0.0177. The summed E-state index contributed by atoms with van der Waals surface area (Å²) < 4.78 is 5.77. The summed E-state index contributed by atoms with van der Waals surface area (Å²) in [5.41, 5.74) is 2.96. The molecule has 0 radical (unpaired) electrons. The first-order chi connectivity index (χ1) is 17.7. The third-order valence-corrected chi connectivity index (χ3v) is 6.40. The van der Waals surface area contributed by atoms with Crippen LogP contribution in [0.2, 0.25) is 0 Å². The minimum atomic E-state index is -0.970. The normalized spacial score (nSPS) is 15.5. The molecule has 0 spiro atoms. The lowest BCUT2D eigenvalue weighted by atomic mass is 9.94. The first-order valence-corrected chi connectivity index (χ1v) is 11.6. The maximum atomic E-state index is 13.7. The molecule has 0 bridgehead atoms. The minimum Gasteiger partial charge on any atom is -0.503 e. The van der Waals surface area contributed by atoms with E-state index < -0.39 is 29.5 Å². The highest BCUT2D eigenvalue weighted by atomic mass is 16.4. The Morgan fingerprint density at radius 1 is 0.973 bits per heavy atom. The van der Waals surface area contributed by atoms with Gasteiger partial charge in [-0.25, -0.2) is 0 Å². The molecule has 186 valence electrons. The summed E-state index contributed by atoms with van der Waals surface area (Å²) in [6.45, 7) is 0. The Labute approximate surface area is 212 Å². The predicted octanol–water partition coefficient (Wildman–Crippen LogP) is 4.91. The zero-order chi connectivity index (χ0) is 26.3. The highest BCUT2D eigenvalue weighted by Crippen LogP contribution is 2.42. The van der Waals surface area contributed by atoms with Gasteiger partial charge >= 0.3 is 5.97 Å². The molecule has 1 aliphatic heterocycles. The number of benzene rings is 3. The van der Waals surface area contributed by atoms with Gasteiger partial charge in [0.1, 0.15) is 5.58 Å². The fourth-order valence-electron chi connectivity index (χ4n) is 4.55. The van der Waals surface area contributed by atoms with Gasteiger partial charge in [-0.05, 0) is 47.5 Å². The molecule has 2 N–H and O–H groups in total. The second-order valence-corrected chi connectivity index (χ2v) is 9.04. The van der Waals surface area contributed by atoms with Gasteiger partial charge in [0.2, 0.25) is 5.78 Å². The lowest BCUT2D eigenvalue weighted by Gasteiger charge is -2.27. The Kier molecular flexibility index (Phi) is 6.01. The molecule has 0 saturated heterocycles. The van der Waals surface area contributed by atoms with Crippen molar-refractivity contribution in [1.82, 2.24) is 0 Å².